The molecule has 0 aromatic carbocycles. The molecular weight excluding hydrogens is 280 g/mol. The van der Waals surface area contributed by atoms with Crippen molar-refractivity contribution < 1.29 is 29.2 Å². The molecule has 0 unspecified atom stereocenters. The maximum atomic E-state index is 11.1. The lowest BCUT2D eigenvalue weighted by Crippen LogP contribution is -2.29. The molecule has 0 spiro atoms. The first-order chi connectivity index (χ1) is 7.55. The second kappa shape index (κ2) is 6.02. The Morgan fingerprint density at radius 3 is 1.88 bits per heavy atom. The van der Waals surface area contributed by atoms with Gasteiger partial charge in [0.2, 0.25) is 20.8 Å². The second-order valence-corrected chi connectivity index (χ2v) is 5.01. The van der Waals surface area contributed by atoms with E-state index in [1.54, 1.807) is 0 Å². The van der Waals surface area contributed by atoms with Crippen LogP contribution < -0.4 is 4.57 Å². The summed E-state index contributed by atoms with van der Waals surface area (Å²) in [5.41, 5.74) is 0. The third-order valence-corrected chi connectivity index (χ3v) is 2.91. The van der Waals surface area contributed by atoms with Crippen molar-refractivity contribution in [1.29, 1.82) is 0 Å². The Bertz CT molecular complexity index is 522. The highest BCUT2D eigenvalue weighted by Gasteiger charge is 2.01. The van der Waals surface area contributed by atoms with Crippen LogP contribution in [0.25, 0.3) is 4.13 Å². The highest BCUT2D eigenvalue weighted by molar-refractivity contribution is 8.07. The van der Waals surface area contributed by atoms with Gasteiger partial charge in [-0.3, -0.25) is 0 Å². The van der Waals surface area contributed by atoms with E-state index in [1.807, 2.05) is 19.4 Å². The molecule has 0 amide bonds. The van der Waals surface area contributed by atoms with Crippen molar-refractivity contribution in [3.8, 4) is 0 Å². The number of nitrogens with one attached hydrogen (secondary N) is 1. The predicted octanol–water partition coefficient (Wildman–Crippen LogP) is 0.190. The SMILES string of the molecule is CCc1[nH]cc[n+]1C.O=S(=O)(F)[N-]S(=O)(=O)F. The average Bonchev–Trinajstić information content (AvgIpc) is 2.44. The summed E-state index contributed by atoms with van der Waals surface area (Å²) in [6.07, 6.45) is 5.03. The van der Waals surface area contributed by atoms with E-state index in [9.17, 15) is 24.6 Å². The summed E-state index contributed by atoms with van der Waals surface area (Å²) < 4.78 is 62.2. The minimum Gasteiger partial charge on any atom is -0.379 e. The molecule has 0 aliphatic rings. The Morgan fingerprint density at radius 2 is 1.76 bits per heavy atom. The molecule has 0 saturated carbocycles. The summed E-state index contributed by atoms with van der Waals surface area (Å²) in [5.74, 6) is 1.27. The third kappa shape index (κ3) is 8.71. The number of aromatic nitrogens is 2. The average molecular weight is 291 g/mol. The zero-order valence-electron chi connectivity index (χ0n) is 8.96. The van der Waals surface area contributed by atoms with E-state index >= 15 is 0 Å². The summed E-state index contributed by atoms with van der Waals surface area (Å²) in [4.78, 5) is 3.12. The van der Waals surface area contributed by atoms with Gasteiger partial charge in [-0.1, -0.05) is 6.92 Å². The number of imidazole rings is 1. The van der Waals surface area contributed by atoms with Gasteiger partial charge in [-0.2, -0.15) is 0 Å². The van der Waals surface area contributed by atoms with Gasteiger partial charge in [0.25, 0.3) is 5.82 Å². The fraction of sp³-hybridized carbons (Fsp3) is 0.500. The van der Waals surface area contributed by atoms with Crippen LogP contribution >= 0.6 is 0 Å². The minimum atomic E-state index is -5.62. The summed E-state index contributed by atoms with van der Waals surface area (Å²) in [7, 11) is -9.20. The van der Waals surface area contributed by atoms with Gasteiger partial charge in [-0.05, 0) is 0 Å². The molecule has 1 aromatic rings. The van der Waals surface area contributed by atoms with E-state index in [1.165, 1.54) is 5.82 Å². The standard InChI is InChI=1S/C6H10N2.F2NO4S2/c1-3-6-7-4-5-8(6)2;1-8(4,5)3-9(2,6)7/h4-5H,3H2,1-2H3;/q;-1/p+1. The summed E-state index contributed by atoms with van der Waals surface area (Å²) in [6.45, 7) is 2.13. The first kappa shape index (κ1) is 15.9. The molecule has 0 radical (unpaired) electrons. The van der Waals surface area contributed by atoms with Crippen molar-refractivity contribution in [3.05, 3.63) is 22.3 Å². The Kier molecular flexibility index (Phi) is 5.64. The molecule has 0 aliphatic heterocycles. The maximum Gasteiger partial charge on any atom is 0.253 e. The Labute approximate surface area is 98.2 Å². The first-order valence-corrected chi connectivity index (χ1v) is 6.88. The van der Waals surface area contributed by atoms with Gasteiger partial charge in [-0.25, -0.2) is 26.4 Å². The van der Waals surface area contributed by atoms with Crippen LogP contribution in [0.1, 0.15) is 12.7 Å². The molecule has 17 heavy (non-hydrogen) atoms. The van der Waals surface area contributed by atoms with Crippen molar-refractivity contribution in [3.63, 3.8) is 0 Å². The van der Waals surface area contributed by atoms with Gasteiger partial charge in [0.05, 0.1) is 7.05 Å². The van der Waals surface area contributed by atoms with E-state index in [4.69, 9.17) is 0 Å². The molecule has 1 rings (SSSR count). The highest BCUT2D eigenvalue weighted by atomic mass is 32.3. The lowest BCUT2D eigenvalue weighted by Gasteiger charge is -2.03. The van der Waals surface area contributed by atoms with Crippen LogP contribution in [0.15, 0.2) is 12.4 Å². The Balaban J connectivity index is 0.000000302. The number of hydrogen-bond donors (Lipinski definition) is 1. The minimum absolute atomic E-state index is 1.07. The number of hydrogen-bond acceptors (Lipinski definition) is 4. The zero-order valence-corrected chi connectivity index (χ0v) is 10.6. The van der Waals surface area contributed by atoms with E-state index < -0.39 is 20.8 Å². The van der Waals surface area contributed by atoms with Crippen molar-refractivity contribution >= 4 is 20.8 Å². The van der Waals surface area contributed by atoms with Crippen LogP contribution in [0.2, 0.25) is 0 Å². The smallest absolute Gasteiger partial charge is 0.253 e. The molecule has 0 aliphatic carbocycles. The van der Waals surface area contributed by atoms with Gasteiger partial charge in [0.15, 0.2) is 0 Å². The summed E-state index contributed by atoms with van der Waals surface area (Å²) in [6, 6.07) is 0. The Morgan fingerprint density at radius 1 is 1.29 bits per heavy atom. The lowest BCUT2D eigenvalue weighted by atomic mass is 10.5. The molecule has 0 fully saturated rings. The van der Waals surface area contributed by atoms with Crippen LogP contribution in [0.5, 0.6) is 0 Å². The number of aromatic amines is 1. The fourth-order valence-electron chi connectivity index (χ4n) is 0.895. The molecule has 0 atom stereocenters. The van der Waals surface area contributed by atoms with Crippen molar-refractivity contribution in [2.45, 2.75) is 13.3 Å². The van der Waals surface area contributed by atoms with E-state index in [0.29, 0.717) is 0 Å². The van der Waals surface area contributed by atoms with Gasteiger partial charge in [0.1, 0.15) is 12.4 Å². The van der Waals surface area contributed by atoms with Gasteiger partial charge in [-0.15, -0.1) is 7.77 Å². The van der Waals surface area contributed by atoms with Gasteiger partial charge >= 0.3 is 0 Å². The first-order valence-electron chi connectivity index (χ1n) is 4.20. The van der Waals surface area contributed by atoms with Crippen LogP contribution in [-0.2, 0) is 34.3 Å². The van der Waals surface area contributed by atoms with Crippen LogP contribution in [-0.4, -0.2) is 21.8 Å². The number of halogens is 2. The van der Waals surface area contributed by atoms with Crippen molar-refractivity contribution in [1.82, 2.24) is 4.98 Å². The maximum absolute atomic E-state index is 11.1. The molecule has 100 valence electrons. The van der Waals surface area contributed by atoms with Crippen LogP contribution in [0.4, 0.5) is 7.77 Å². The lowest BCUT2D eigenvalue weighted by molar-refractivity contribution is -0.677. The summed E-state index contributed by atoms with van der Waals surface area (Å²) in [5, 5.41) is 0. The summed E-state index contributed by atoms with van der Waals surface area (Å²) >= 11 is 0. The predicted molar refractivity (Wildman–Crippen MR) is 54.8 cm³/mol. The van der Waals surface area contributed by atoms with Gasteiger partial charge in [0, 0.05) is 6.42 Å². The van der Waals surface area contributed by atoms with Crippen LogP contribution in [0, 0.1) is 0 Å². The largest absolute Gasteiger partial charge is 0.379 e. The number of H-pyrrole nitrogens is 1. The molecule has 7 nitrogen and oxygen atoms in total. The topological polar surface area (TPSA) is 102 Å². The number of aryl methyl sites for hydroxylation is 2. The van der Waals surface area contributed by atoms with Crippen molar-refractivity contribution in [2.75, 3.05) is 0 Å². The highest BCUT2D eigenvalue weighted by Crippen LogP contribution is 2.11. The monoisotopic (exact) mass is 291 g/mol. The van der Waals surface area contributed by atoms with Crippen LogP contribution in [0.3, 0.4) is 0 Å². The molecule has 0 bridgehead atoms. The zero-order chi connectivity index (χ0) is 13.7. The third-order valence-electron chi connectivity index (χ3n) is 1.49. The Hall–Kier alpha value is -1.07. The normalized spacial score (nSPS) is 11.8. The molecule has 0 saturated heterocycles. The number of rotatable bonds is 3. The van der Waals surface area contributed by atoms with E-state index in [0.717, 1.165) is 10.5 Å². The van der Waals surface area contributed by atoms with Crippen molar-refractivity contribution in [2.24, 2.45) is 7.05 Å². The van der Waals surface area contributed by atoms with Gasteiger partial charge < -0.3 is 4.13 Å². The molecule has 1 heterocycles. The molecule has 1 aromatic heterocycles. The fourth-order valence-corrected chi connectivity index (χ4v) is 1.75. The van der Waals surface area contributed by atoms with E-state index in [2.05, 4.69) is 16.5 Å². The molecule has 11 heteroatoms. The quantitative estimate of drug-likeness (QED) is 0.634. The molecule has 1 N–H and O–H groups in total. The molecular formula is C6H11F2N3O4S2. The van der Waals surface area contributed by atoms with E-state index in [-0.39, 0.29) is 0 Å². The number of nitrogens with zero attached hydrogens (tertiary/aromatic N) is 2. The second-order valence-electron chi connectivity index (χ2n) is 2.77.